The van der Waals surface area contributed by atoms with Crippen LogP contribution in [0.2, 0.25) is 0 Å². The topological polar surface area (TPSA) is 37.3 Å². The van der Waals surface area contributed by atoms with Crippen molar-refractivity contribution in [1.82, 2.24) is 0 Å². The number of carboxylic acid groups (broad SMARTS) is 1. The summed E-state index contributed by atoms with van der Waals surface area (Å²) in [5.41, 5.74) is -0.201. The van der Waals surface area contributed by atoms with Gasteiger partial charge in [0.15, 0.2) is 0 Å². The number of rotatable bonds is 2. The average molecular weight is 301 g/mol. The third kappa shape index (κ3) is 1.88. The summed E-state index contributed by atoms with van der Waals surface area (Å²) in [7, 11) is 0. The zero-order chi connectivity index (χ0) is 12.6. The first-order chi connectivity index (χ1) is 7.99. The van der Waals surface area contributed by atoms with Crippen molar-refractivity contribution in [3.63, 3.8) is 0 Å². The second-order valence-corrected chi connectivity index (χ2v) is 5.48. The first-order valence-electron chi connectivity index (χ1n) is 5.67. The molecule has 0 radical (unpaired) electrons. The Morgan fingerprint density at radius 1 is 1.41 bits per heavy atom. The summed E-state index contributed by atoms with van der Waals surface area (Å²) in [4.78, 5) is 11.5. The first-order valence-corrected chi connectivity index (χ1v) is 6.47. The van der Waals surface area contributed by atoms with E-state index in [1.54, 1.807) is 19.1 Å². The van der Waals surface area contributed by atoms with E-state index >= 15 is 0 Å². The molecule has 2 rings (SSSR count). The molecule has 1 aromatic rings. The highest BCUT2D eigenvalue weighted by Gasteiger charge is 2.44. The van der Waals surface area contributed by atoms with Crippen LogP contribution < -0.4 is 0 Å². The highest BCUT2D eigenvalue weighted by molar-refractivity contribution is 9.10. The standard InChI is InChI=1S/C13H14BrFO2/c1-8-10(14)5-4-9(11(8)15)13(12(16)17)6-2-3-7-13/h4-5H,2-3,6-7H2,1H3,(H,16,17). The molecule has 1 fully saturated rings. The minimum absolute atomic E-state index is 0.336. The largest absolute Gasteiger partial charge is 0.481 e. The molecule has 0 amide bonds. The summed E-state index contributed by atoms with van der Waals surface area (Å²) in [6.07, 6.45) is 2.75. The van der Waals surface area contributed by atoms with E-state index in [0.717, 1.165) is 12.8 Å². The Morgan fingerprint density at radius 2 is 2.00 bits per heavy atom. The van der Waals surface area contributed by atoms with Gasteiger partial charge in [-0.2, -0.15) is 0 Å². The number of carbonyl (C=O) groups is 1. The highest BCUT2D eigenvalue weighted by Crippen LogP contribution is 2.43. The molecule has 4 heteroatoms. The van der Waals surface area contributed by atoms with Gasteiger partial charge in [0.25, 0.3) is 0 Å². The summed E-state index contributed by atoms with van der Waals surface area (Å²) >= 11 is 3.26. The summed E-state index contributed by atoms with van der Waals surface area (Å²) in [6, 6.07) is 3.34. The Labute approximate surface area is 108 Å². The van der Waals surface area contributed by atoms with Crippen molar-refractivity contribution >= 4 is 21.9 Å². The Hall–Kier alpha value is -0.900. The fourth-order valence-corrected chi connectivity index (χ4v) is 2.91. The van der Waals surface area contributed by atoms with Gasteiger partial charge in [0.2, 0.25) is 0 Å². The molecule has 1 aromatic carbocycles. The zero-order valence-electron chi connectivity index (χ0n) is 9.59. The predicted octanol–water partition coefficient (Wildman–Crippen LogP) is 3.79. The normalized spacial score (nSPS) is 18.3. The highest BCUT2D eigenvalue weighted by atomic mass is 79.9. The number of hydrogen-bond acceptors (Lipinski definition) is 1. The molecule has 17 heavy (non-hydrogen) atoms. The van der Waals surface area contributed by atoms with E-state index in [1.807, 2.05) is 0 Å². The number of carboxylic acids is 1. The summed E-state index contributed by atoms with van der Waals surface area (Å²) in [5.74, 6) is -1.29. The summed E-state index contributed by atoms with van der Waals surface area (Å²) < 4.78 is 14.9. The van der Waals surface area contributed by atoms with Crippen molar-refractivity contribution in [2.45, 2.75) is 38.0 Å². The number of hydrogen-bond donors (Lipinski definition) is 1. The number of halogens is 2. The fraction of sp³-hybridized carbons (Fsp3) is 0.462. The minimum atomic E-state index is -1.02. The number of benzene rings is 1. The van der Waals surface area contributed by atoms with Gasteiger partial charge in [0, 0.05) is 10.0 Å². The third-order valence-corrected chi connectivity index (χ3v) is 4.56. The molecular formula is C13H14BrFO2. The maximum atomic E-state index is 14.2. The molecule has 1 aliphatic carbocycles. The van der Waals surface area contributed by atoms with Crippen LogP contribution in [-0.2, 0) is 10.2 Å². The van der Waals surface area contributed by atoms with Crippen LogP contribution in [0.25, 0.3) is 0 Å². The SMILES string of the molecule is Cc1c(Br)ccc(C2(C(=O)O)CCCC2)c1F. The van der Waals surface area contributed by atoms with Gasteiger partial charge in [-0.1, -0.05) is 34.8 Å². The molecular weight excluding hydrogens is 287 g/mol. The lowest BCUT2D eigenvalue weighted by atomic mass is 9.78. The first kappa shape index (κ1) is 12.6. The lowest BCUT2D eigenvalue weighted by molar-refractivity contribution is -0.143. The molecule has 0 spiro atoms. The monoisotopic (exact) mass is 300 g/mol. The van der Waals surface area contributed by atoms with E-state index in [1.165, 1.54) is 0 Å². The molecule has 92 valence electrons. The van der Waals surface area contributed by atoms with Crippen LogP contribution >= 0.6 is 15.9 Å². The molecule has 0 heterocycles. The zero-order valence-corrected chi connectivity index (χ0v) is 11.2. The number of aliphatic carboxylic acids is 1. The van der Waals surface area contributed by atoms with Crippen LogP contribution in [0.15, 0.2) is 16.6 Å². The van der Waals surface area contributed by atoms with Crippen LogP contribution in [0.5, 0.6) is 0 Å². The predicted molar refractivity (Wildman–Crippen MR) is 66.6 cm³/mol. The van der Waals surface area contributed by atoms with Gasteiger partial charge in [0.05, 0.1) is 5.41 Å². The Bertz CT molecular complexity index is 465. The van der Waals surface area contributed by atoms with Crippen LogP contribution in [0.1, 0.15) is 36.8 Å². The molecule has 0 saturated heterocycles. The third-order valence-electron chi connectivity index (χ3n) is 3.70. The van der Waals surface area contributed by atoms with Crippen molar-refractivity contribution in [1.29, 1.82) is 0 Å². The van der Waals surface area contributed by atoms with E-state index in [0.29, 0.717) is 28.4 Å². The second-order valence-electron chi connectivity index (χ2n) is 4.63. The van der Waals surface area contributed by atoms with Crippen LogP contribution in [0.4, 0.5) is 4.39 Å². The van der Waals surface area contributed by atoms with Crippen molar-refractivity contribution in [3.8, 4) is 0 Å². The Morgan fingerprint density at radius 3 is 2.53 bits per heavy atom. The van der Waals surface area contributed by atoms with Crippen LogP contribution in [-0.4, -0.2) is 11.1 Å². The molecule has 1 saturated carbocycles. The lowest BCUT2D eigenvalue weighted by Crippen LogP contribution is -2.33. The summed E-state index contributed by atoms with van der Waals surface area (Å²) in [6.45, 7) is 1.66. The van der Waals surface area contributed by atoms with Crippen molar-refractivity contribution in [3.05, 3.63) is 33.5 Å². The van der Waals surface area contributed by atoms with Gasteiger partial charge in [-0.15, -0.1) is 0 Å². The van der Waals surface area contributed by atoms with Gasteiger partial charge < -0.3 is 5.11 Å². The van der Waals surface area contributed by atoms with E-state index < -0.39 is 11.4 Å². The smallest absolute Gasteiger partial charge is 0.314 e. The van der Waals surface area contributed by atoms with Gasteiger partial charge in [0.1, 0.15) is 5.82 Å². The lowest BCUT2D eigenvalue weighted by Gasteiger charge is -2.25. The molecule has 0 atom stereocenters. The maximum absolute atomic E-state index is 14.2. The molecule has 1 aliphatic rings. The van der Waals surface area contributed by atoms with E-state index in [-0.39, 0.29) is 5.82 Å². The van der Waals surface area contributed by atoms with Gasteiger partial charge in [-0.3, -0.25) is 4.79 Å². The Balaban J connectivity index is 2.59. The van der Waals surface area contributed by atoms with Crippen molar-refractivity contribution in [2.24, 2.45) is 0 Å². The molecule has 1 N–H and O–H groups in total. The van der Waals surface area contributed by atoms with Gasteiger partial charge in [-0.25, -0.2) is 4.39 Å². The quantitative estimate of drug-likeness (QED) is 0.902. The van der Waals surface area contributed by atoms with Gasteiger partial charge >= 0.3 is 5.97 Å². The molecule has 0 bridgehead atoms. The molecule has 0 aliphatic heterocycles. The molecule has 2 nitrogen and oxygen atoms in total. The van der Waals surface area contributed by atoms with Crippen molar-refractivity contribution < 1.29 is 14.3 Å². The maximum Gasteiger partial charge on any atom is 0.314 e. The Kier molecular flexibility index (Phi) is 3.25. The van der Waals surface area contributed by atoms with E-state index in [9.17, 15) is 14.3 Å². The minimum Gasteiger partial charge on any atom is -0.481 e. The van der Waals surface area contributed by atoms with E-state index in [4.69, 9.17) is 0 Å². The van der Waals surface area contributed by atoms with Crippen LogP contribution in [0, 0.1) is 12.7 Å². The van der Waals surface area contributed by atoms with Crippen LogP contribution in [0.3, 0.4) is 0 Å². The molecule has 0 aromatic heterocycles. The van der Waals surface area contributed by atoms with Crippen molar-refractivity contribution in [2.75, 3.05) is 0 Å². The summed E-state index contributed by atoms with van der Waals surface area (Å²) in [5, 5.41) is 9.42. The van der Waals surface area contributed by atoms with E-state index in [2.05, 4.69) is 15.9 Å². The second kappa shape index (κ2) is 4.41. The fourth-order valence-electron chi connectivity index (χ4n) is 2.61. The van der Waals surface area contributed by atoms with Gasteiger partial charge in [-0.05, 0) is 31.4 Å². The molecule has 0 unspecified atom stereocenters. The average Bonchev–Trinajstić information content (AvgIpc) is 2.76.